The Hall–Kier alpha value is -1.54. The zero-order chi connectivity index (χ0) is 14.8. The van der Waals surface area contributed by atoms with Crippen LogP contribution in [0.15, 0.2) is 0 Å². The van der Waals surface area contributed by atoms with Crippen LogP contribution in [-0.2, 0) is 9.47 Å². The van der Waals surface area contributed by atoms with Gasteiger partial charge in [0, 0.05) is 12.6 Å². The van der Waals surface area contributed by atoms with E-state index in [-0.39, 0.29) is 25.8 Å². The van der Waals surface area contributed by atoms with E-state index >= 15 is 0 Å². The van der Waals surface area contributed by atoms with Crippen LogP contribution in [0.1, 0.15) is 20.8 Å². The number of hydrogen-bond donors (Lipinski definition) is 4. The van der Waals surface area contributed by atoms with E-state index in [0.29, 0.717) is 0 Å². The molecular formula is C11H22N2O6. The highest BCUT2D eigenvalue weighted by molar-refractivity contribution is 5.69. The molecular weight excluding hydrogens is 256 g/mol. The molecule has 0 bridgehead atoms. The third-order valence-corrected chi connectivity index (χ3v) is 1.94. The molecule has 0 saturated heterocycles. The molecule has 0 saturated carbocycles. The maximum atomic E-state index is 11.2. The number of rotatable bonds is 7. The summed E-state index contributed by atoms with van der Waals surface area (Å²) in [5, 5.41) is 22.5. The van der Waals surface area contributed by atoms with E-state index in [1.807, 2.05) is 0 Å². The molecule has 8 heteroatoms. The number of nitrogens with one attached hydrogen (secondary N) is 2. The van der Waals surface area contributed by atoms with Crippen LogP contribution in [-0.4, -0.2) is 60.4 Å². The van der Waals surface area contributed by atoms with Crippen LogP contribution in [0, 0.1) is 0 Å². The van der Waals surface area contributed by atoms with Crippen molar-refractivity contribution in [1.82, 2.24) is 10.6 Å². The van der Waals surface area contributed by atoms with E-state index in [9.17, 15) is 9.59 Å². The Bertz CT molecular complexity index is 284. The molecule has 112 valence electrons. The number of ether oxygens (including phenoxy) is 2. The molecule has 4 N–H and O–H groups in total. The highest BCUT2D eigenvalue weighted by Crippen LogP contribution is 1.90. The second kappa shape index (κ2) is 9.40. The van der Waals surface area contributed by atoms with Crippen molar-refractivity contribution in [1.29, 1.82) is 0 Å². The molecule has 0 spiro atoms. The Morgan fingerprint density at radius 2 is 1.84 bits per heavy atom. The van der Waals surface area contributed by atoms with Gasteiger partial charge in [-0.2, -0.15) is 0 Å². The van der Waals surface area contributed by atoms with Crippen LogP contribution < -0.4 is 10.6 Å². The van der Waals surface area contributed by atoms with Gasteiger partial charge in [-0.15, -0.1) is 0 Å². The predicted molar refractivity (Wildman–Crippen MR) is 66.7 cm³/mol. The number of alkyl carbamates (subject to hydrolysis) is 2. The van der Waals surface area contributed by atoms with Gasteiger partial charge in [-0.1, -0.05) is 0 Å². The second-order valence-corrected chi connectivity index (χ2v) is 4.27. The summed E-state index contributed by atoms with van der Waals surface area (Å²) in [6.07, 6.45) is -2.66. The number of hydrogen-bond acceptors (Lipinski definition) is 6. The molecule has 3 atom stereocenters. The second-order valence-electron chi connectivity index (χ2n) is 4.27. The molecule has 0 aliphatic heterocycles. The highest BCUT2D eigenvalue weighted by atomic mass is 16.6. The van der Waals surface area contributed by atoms with Crippen LogP contribution in [0.4, 0.5) is 9.59 Å². The lowest BCUT2D eigenvalue weighted by atomic mass is 10.3. The van der Waals surface area contributed by atoms with E-state index < -0.39 is 24.4 Å². The van der Waals surface area contributed by atoms with Crippen LogP contribution in [0.25, 0.3) is 0 Å². The van der Waals surface area contributed by atoms with Gasteiger partial charge in [-0.05, 0) is 20.8 Å². The fourth-order valence-electron chi connectivity index (χ4n) is 0.988. The number of aliphatic hydroxyl groups is 2. The van der Waals surface area contributed by atoms with E-state index in [0.717, 1.165) is 0 Å². The lowest BCUT2D eigenvalue weighted by molar-refractivity contribution is 0.0667. The van der Waals surface area contributed by atoms with Crippen molar-refractivity contribution < 1.29 is 29.3 Å². The summed E-state index contributed by atoms with van der Waals surface area (Å²) < 4.78 is 9.44. The third-order valence-electron chi connectivity index (χ3n) is 1.94. The van der Waals surface area contributed by atoms with Gasteiger partial charge in [0.2, 0.25) is 0 Å². The average molecular weight is 278 g/mol. The number of amides is 2. The smallest absolute Gasteiger partial charge is 0.407 e. The van der Waals surface area contributed by atoms with E-state index in [2.05, 4.69) is 15.4 Å². The Morgan fingerprint density at radius 1 is 1.21 bits per heavy atom. The van der Waals surface area contributed by atoms with Crippen molar-refractivity contribution in [3.05, 3.63) is 0 Å². The van der Waals surface area contributed by atoms with Gasteiger partial charge >= 0.3 is 12.2 Å². The molecule has 0 radical (unpaired) electrons. The van der Waals surface area contributed by atoms with Gasteiger partial charge in [-0.25, -0.2) is 9.59 Å². The van der Waals surface area contributed by atoms with Gasteiger partial charge in [0.25, 0.3) is 0 Å². The molecule has 19 heavy (non-hydrogen) atoms. The van der Waals surface area contributed by atoms with Gasteiger partial charge in [-0.3, -0.25) is 0 Å². The van der Waals surface area contributed by atoms with Crippen molar-refractivity contribution in [2.45, 2.75) is 39.0 Å². The third kappa shape index (κ3) is 10.1. The van der Waals surface area contributed by atoms with Crippen LogP contribution >= 0.6 is 0 Å². The zero-order valence-corrected chi connectivity index (χ0v) is 11.4. The minimum absolute atomic E-state index is 0.0952. The van der Waals surface area contributed by atoms with Gasteiger partial charge in [0.1, 0.15) is 12.7 Å². The first-order valence-electron chi connectivity index (χ1n) is 6.01. The lowest BCUT2D eigenvalue weighted by Crippen LogP contribution is -2.43. The minimum Gasteiger partial charge on any atom is -0.447 e. The molecule has 0 aliphatic rings. The van der Waals surface area contributed by atoms with Crippen LogP contribution in [0.2, 0.25) is 0 Å². The van der Waals surface area contributed by atoms with Crippen LogP contribution in [0.3, 0.4) is 0 Å². The standard InChI is InChI=1S/C11H22N2O6/c1-7(13-11(17)18-6-8(2)15)4-12-10(16)19-9(3)5-14/h7-9,14-15H,4-6H2,1-3H3,(H,12,16)(H,13,17). The minimum atomic E-state index is -0.728. The summed E-state index contributed by atoms with van der Waals surface area (Å²) in [5.41, 5.74) is 0. The average Bonchev–Trinajstić information content (AvgIpc) is 2.33. The number of carbonyl (C=O) groups is 2. The molecule has 0 aliphatic carbocycles. The molecule has 3 unspecified atom stereocenters. The quantitative estimate of drug-likeness (QED) is 0.503. The summed E-state index contributed by atoms with van der Waals surface area (Å²) >= 11 is 0. The normalized spacial score (nSPS) is 15.0. The van der Waals surface area contributed by atoms with Gasteiger partial charge in [0.15, 0.2) is 0 Å². The lowest BCUT2D eigenvalue weighted by Gasteiger charge is -2.16. The monoisotopic (exact) mass is 278 g/mol. The van der Waals surface area contributed by atoms with E-state index in [1.165, 1.54) is 6.92 Å². The number of carbonyl (C=O) groups excluding carboxylic acids is 2. The first-order valence-corrected chi connectivity index (χ1v) is 6.01. The topological polar surface area (TPSA) is 117 Å². The first kappa shape index (κ1) is 17.5. The van der Waals surface area contributed by atoms with Crippen LogP contribution in [0.5, 0.6) is 0 Å². The maximum Gasteiger partial charge on any atom is 0.407 e. The predicted octanol–water partition coefficient (Wildman–Crippen LogP) is -0.411. The molecule has 0 heterocycles. The van der Waals surface area contributed by atoms with E-state index in [1.54, 1.807) is 13.8 Å². The molecule has 0 fully saturated rings. The Balaban J connectivity index is 3.77. The van der Waals surface area contributed by atoms with Gasteiger partial charge < -0.3 is 30.3 Å². The van der Waals surface area contributed by atoms with Gasteiger partial charge in [0.05, 0.1) is 12.7 Å². The summed E-state index contributed by atoms with van der Waals surface area (Å²) in [7, 11) is 0. The fourth-order valence-corrected chi connectivity index (χ4v) is 0.988. The highest BCUT2D eigenvalue weighted by Gasteiger charge is 2.12. The van der Waals surface area contributed by atoms with Crippen molar-refractivity contribution in [2.75, 3.05) is 19.8 Å². The Labute approximate surface area is 112 Å². The van der Waals surface area contributed by atoms with Crippen molar-refractivity contribution in [3.63, 3.8) is 0 Å². The molecule has 0 aromatic rings. The molecule has 2 amide bonds. The fraction of sp³-hybridized carbons (Fsp3) is 0.818. The SMILES string of the molecule is CC(O)COC(=O)NC(C)CNC(=O)OC(C)CO. The first-order chi connectivity index (χ1) is 8.85. The molecule has 8 nitrogen and oxygen atoms in total. The summed E-state index contributed by atoms with van der Waals surface area (Å²) in [4.78, 5) is 22.4. The summed E-state index contributed by atoms with van der Waals surface area (Å²) in [6, 6.07) is -0.363. The molecule has 0 rings (SSSR count). The van der Waals surface area contributed by atoms with Crippen molar-refractivity contribution in [3.8, 4) is 0 Å². The molecule has 0 aromatic heterocycles. The largest absolute Gasteiger partial charge is 0.447 e. The maximum absolute atomic E-state index is 11.2. The zero-order valence-electron chi connectivity index (χ0n) is 11.4. The van der Waals surface area contributed by atoms with E-state index in [4.69, 9.17) is 14.9 Å². The summed E-state index contributed by atoms with van der Waals surface area (Å²) in [5.74, 6) is 0. The van der Waals surface area contributed by atoms with Crippen molar-refractivity contribution >= 4 is 12.2 Å². The number of aliphatic hydroxyl groups excluding tert-OH is 2. The van der Waals surface area contributed by atoms with Crippen molar-refractivity contribution in [2.24, 2.45) is 0 Å². The summed E-state index contributed by atoms with van der Waals surface area (Å²) in [6.45, 7) is 4.51. The Morgan fingerprint density at radius 3 is 2.37 bits per heavy atom. The molecule has 0 aromatic carbocycles. The Kier molecular flexibility index (Phi) is 8.64.